The van der Waals surface area contributed by atoms with Crippen LogP contribution in [0.15, 0.2) is 0 Å². The van der Waals surface area contributed by atoms with E-state index in [4.69, 9.17) is 15.3 Å². The third-order valence-electron chi connectivity index (χ3n) is 2.09. The highest BCUT2D eigenvalue weighted by Crippen LogP contribution is 2.41. The number of aliphatic hydroxyl groups excluding tert-OH is 3. The molecule has 3 nitrogen and oxygen atoms in total. The van der Waals surface area contributed by atoms with Gasteiger partial charge in [-0.2, -0.15) is 0 Å². The highest BCUT2D eigenvalue weighted by molar-refractivity contribution is 7.58. The van der Waals surface area contributed by atoms with Gasteiger partial charge in [-0.25, -0.2) is 0 Å². The Hall–Kier alpha value is 0.310. The molecule has 0 aromatic heterocycles. The Morgan fingerprint density at radius 3 is 1.77 bits per heavy atom. The Labute approximate surface area is 81.5 Å². The van der Waals surface area contributed by atoms with Crippen LogP contribution in [0.2, 0.25) is 0 Å². The van der Waals surface area contributed by atoms with Crippen LogP contribution in [0.1, 0.15) is 19.8 Å². The van der Waals surface area contributed by atoms with E-state index in [0.717, 1.165) is 25.2 Å². The van der Waals surface area contributed by atoms with E-state index in [2.05, 4.69) is 0 Å². The topological polar surface area (TPSA) is 60.7 Å². The van der Waals surface area contributed by atoms with Crippen LogP contribution in [-0.2, 0) is 0 Å². The minimum absolute atomic E-state index is 0.204. The summed E-state index contributed by atoms with van der Waals surface area (Å²) >= 11 is 0. The lowest BCUT2D eigenvalue weighted by Crippen LogP contribution is -2.11. The third-order valence-corrected chi connectivity index (χ3v) is 5.29. The summed E-state index contributed by atoms with van der Waals surface area (Å²) in [7, 11) is -0.204. The largest absolute Gasteiger partial charge is 0.396 e. The summed E-state index contributed by atoms with van der Waals surface area (Å²) in [5.74, 6) is 0. The zero-order valence-corrected chi connectivity index (χ0v) is 9.21. The van der Waals surface area contributed by atoms with Gasteiger partial charge in [0.05, 0.1) is 0 Å². The van der Waals surface area contributed by atoms with E-state index in [1.54, 1.807) is 0 Å². The predicted molar refractivity (Wildman–Crippen MR) is 56.6 cm³/mol. The maximum Gasteiger partial charge on any atom is 0.0495 e. The van der Waals surface area contributed by atoms with Crippen LogP contribution in [0.5, 0.6) is 0 Å². The van der Waals surface area contributed by atoms with Crippen LogP contribution in [0.4, 0.5) is 0 Å². The molecule has 0 heterocycles. The monoisotopic (exact) mass is 208 g/mol. The van der Waals surface area contributed by atoms with Gasteiger partial charge in [0.25, 0.3) is 0 Å². The van der Waals surface area contributed by atoms with E-state index >= 15 is 0 Å². The van der Waals surface area contributed by atoms with Gasteiger partial charge in [-0.1, -0.05) is 6.92 Å². The molecule has 0 fully saturated rings. The quantitative estimate of drug-likeness (QED) is 0.512. The zero-order valence-electron chi connectivity index (χ0n) is 8.32. The maximum atomic E-state index is 9.00. The van der Waals surface area contributed by atoms with E-state index in [1.165, 1.54) is 0 Å². The zero-order chi connectivity index (χ0) is 10.1. The Balaban J connectivity index is 3.72. The van der Waals surface area contributed by atoms with Crippen molar-refractivity contribution in [2.75, 3.05) is 32.1 Å². The molecule has 1 atom stereocenters. The normalized spacial score (nSPS) is 13.6. The molecule has 0 bridgehead atoms. The van der Waals surface area contributed by atoms with E-state index in [9.17, 15) is 0 Å². The summed E-state index contributed by atoms with van der Waals surface area (Å²) in [6.07, 6.45) is 3.66. The number of hydrogen-bond acceptors (Lipinski definition) is 3. The molecule has 0 amide bonds. The van der Waals surface area contributed by atoms with Gasteiger partial charge in [-0.15, -0.1) is 7.92 Å². The van der Waals surface area contributed by atoms with Crippen LogP contribution >= 0.6 is 7.92 Å². The molecule has 3 N–H and O–H groups in total. The first-order chi connectivity index (χ1) is 6.26. The van der Waals surface area contributed by atoms with E-state index < -0.39 is 0 Å². The van der Waals surface area contributed by atoms with Crippen molar-refractivity contribution < 1.29 is 15.3 Å². The summed E-state index contributed by atoms with van der Waals surface area (Å²) in [4.78, 5) is 0. The first-order valence-electron chi connectivity index (χ1n) is 4.82. The average molecular weight is 208 g/mol. The Morgan fingerprint density at radius 2 is 1.46 bits per heavy atom. The lowest BCUT2D eigenvalue weighted by Gasteiger charge is -2.22. The smallest absolute Gasteiger partial charge is 0.0495 e. The highest BCUT2D eigenvalue weighted by Gasteiger charge is 2.14. The SMILES string of the molecule is CC(CO)P(CCCO)CCCO. The molecule has 0 aromatic rings. The summed E-state index contributed by atoms with van der Waals surface area (Å²) in [6, 6.07) is 0. The second kappa shape index (κ2) is 8.89. The van der Waals surface area contributed by atoms with Crippen molar-refractivity contribution in [1.82, 2.24) is 0 Å². The summed E-state index contributed by atoms with van der Waals surface area (Å²) < 4.78 is 0. The van der Waals surface area contributed by atoms with Gasteiger partial charge in [-0.3, -0.25) is 0 Å². The van der Waals surface area contributed by atoms with Crippen molar-refractivity contribution >= 4 is 7.92 Å². The van der Waals surface area contributed by atoms with Crippen molar-refractivity contribution in [3.8, 4) is 0 Å². The fourth-order valence-corrected chi connectivity index (χ4v) is 3.65. The fourth-order valence-electron chi connectivity index (χ4n) is 1.22. The van der Waals surface area contributed by atoms with Crippen LogP contribution in [0.25, 0.3) is 0 Å². The molecule has 4 heteroatoms. The first kappa shape index (κ1) is 13.3. The second-order valence-corrected chi connectivity index (χ2v) is 6.18. The maximum absolute atomic E-state index is 9.00. The van der Waals surface area contributed by atoms with Crippen molar-refractivity contribution in [2.24, 2.45) is 0 Å². The highest BCUT2D eigenvalue weighted by atomic mass is 31.1. The molecule has 1 unspecified atom stereocenters. The van der Waals surface area contributed by atoms with Crippen molar-refractivity contribution in [1.29, 1.82) is 0 Å². The molecule has 0 saturated heterocycles. The Bertz CT molecular complexity index is 103. The number of aliphatic hydroxyl groups is 3. The van der Waals surface area contributed by atoms with Crippen LogP contribution in [-0.4, -0.2) is 53.1 Å². The summed E-state index contributed by atoms with van der Waals surface area (Å²) in [6.45, 7) is 2.73. The number of hydrogen-bond donors (Lipinski definition) is 3. The van der Waals surface area contributed by atoms with Gasteiger partial charge < -0.3 is 15.3 Å². The van der Waals surface area contributed by atoms with Crippen LogP contribution < -0.4 is 0 Å². The molecule has 0 radical (unpaired) electrons. The first-order valence-corrected chi connectivity index (χ1v) is 6.61. The number of rotatable bonds is 8. The van der Waals surface area contributed by atoms with Gasteiger partial charge in [-0.05, 0) is 30.8 Å². The fraction of sp³-hybridized carbons (Fsp3) is 1.00. The second-order valence-electron chi connectivity index (χ2n) is 3.22. The Morgan fingerprint density at radius 1 is 1.00 bits per heavy atom. The molecule has 13 heavy (non-hydrogen) atoms. The van der Waals surface area contributed by atoms with Gasteiger partial charge in [0, 0.05) is 19.8 Å². The van der Waals surface area contributed by atoms with E-state index in [-0.39, 0.29) is 27.7 Å². The van der Waals surface area contributed by atoms with Gasteiger partial charge in [0.1, 0.15) is 0 Å². The van der Waals surface area contributed by atoms with Crippen molar-refractivity contribution in [2.45, 2.75) is 25.4 Å². The minimum atomic E-state index is -0.204. The van der Waals surface area contributed by atoms with Crippen LogP contribution in [0, 0.1) is 0 Å². The van der Waals surface area contributed by atoms with E-state index in [0.29, 0.717) is 5.66 Å². The molecule has 0 aromatic carbocycles. The molecular weight excluding hydrogens is 187 g/mol. The molecule has 0 rings (SSSR count). The summed E-state index contributed by atoms with van der Waals surface area (Å²) in [5.41, 5.74) is 0.341. The Kier molecular flexibility index (Phi) is 9.10. The van der Waals surface area contributed by atoms with E-state index in [1.807, 2.05) is 6.92 Å². The minimum Gasteiger partial charge on any atom is -0.396 e. The molecule has 0 spiro atoms. The predicted octanol–water partition coefficient (Wildman–Crippen LogP) is 0.614. The lowest BCUT2D eigenvalue weighted by molar-refractivity contribution is 0.289. The molecule has 0 aliphatic rings. The standard InChI is InChI=1S/C9H21O3P/c1-9(8-12)13(6-2-4-10)7-3-5-11/h9-12H,2-8H2,1H3. The molecule has 0 saturated carbocycles. The average Bonchev–Trinajstić information content (AvgIpc) is 2.17. The lowest BCUT2D eigenvalue weighted by atomic mass is 10.5. The molecule has 0 aliphatic carbocycles. The van der Waals surface area contributed by atoms with Crippen molar-refractivity contribution in [3.05, 3.63) is 0 Å². The molecular formula is C9H21O3P. The molecule has 0 aliphatic heterocycles. The van der Waals surface area contributed by atoms with Crippen LogP contribution in [0.3, 0.4) is 0 Å². The molecule has 80 valence electrons. The summed E-state index contributed by atoms with van der Waals surface area (Å²) in [5, 5.41) is 26.4. The van der Waals surface area contributed by atoms with Gasteiger partial charge >= 0.3 is 0 Å². The third kappa shape index (κ3) is 6.39. The van der Waals surface area contributed by atoms with Gasteiger partial charge in [0.15, 0.2) is 0 Å². The van der Waals surface area contributed by atoms with Gasteiger partial charge in [0.2, 0.25) is 0 Å². The van der Waals surface area contributed by atoms with Crippen molar-refractivity contribution in [3.63, 3.8) is 0 Å².